The third-order valence-corrected chi connectivity index (χ3v) is 5.15. The molecular formula is C22H26ClN3O3S. The van der Waals surface area contributed by atoms with Crippen LogP contribution in [0.3, 0.4) is 0 Å². The molecule has 2 rings (SSSR count). The molecule has 2 aromatic carbocycles. The highest BCUT2D eigenvalue weighted by molar-refractivity contribution is 7.80. The molecule has 0 radical (unpaired) electrons. The quantitative estimate of drug-likeness (QED) is 0.422. The lowest BCUT2D eigenvalue weighted by Crippen LogP contribution is -2.49. The molecule has 3 N–H and O–H groups in total. The third-order valence-electron chi connectivity index (χ3n) is 4.58. The fourth-order valence-electron chi connectivity index (χ4n) is 2.61. The first-order valence-corrected chi connectivity index (χ1v) is 10.5. The Kier molecular flexibility index (Phi) is 9.57. The van der Waals surface area contributed by atoms with Crippen LogP contribution >= 0.6 is 23.8 Å². The van der Waals surface area contributed by atoms with Crippen LogP contribution in [0.5, 0.6) is 5.75 Å². The molecule has 0 aliphatic heterocycles. The summed E-state index contributed by atoms with van der Waals surface area (Å²) in [6, 6.07) is 15.0. The molecule has 0 bridgehead atoms. The predicted molar refractivity (Wildman–Crippen MR) is 122 cm³/mol. The maximum atomic E-state index is 12.0. The molecule has 6 nitrogen and oxygen atoms in total. The molecule has 0 saturated carbocycles. The van der Waals surface area contributed by atoms with E-state index in [1.807, 2.05) is 42.5 Å². The van der Waals surface area contributed by atoms with Gasteiger partial charge >= 0.3 is 0 Å². The van der Waals surface area contributed by atoms with E-state index in [9.17, 15) is 9.59 Å². The Morgan fingerprint density at radius 1 is 1.07 bits per heavy atom. The van der Waals surface area contributed by atoms with Crippen LogP contribution in [0, 0.1) is 0 Å². The monoisotopic (exact) mass is 447 g/mol. The number of ether oxygens (including phenoxy) is 1. The summed E-state index contributed by atoms with van der Waals surface area (Å²) >= 11 is 11.1. The lowest BCUT2D eigenvalue weighted by molar-refractivity contribution is -0.124. The molecule has 1 atom stereocenters. The number of benzene rings is 2. The average Bonchev–Trinajstić information content (AvgIpc) is 2.75. The van der Waals surface area contributed by atoms with Crippen molar-refractivity contribution in [3.63, 3.8) is 0 Å². The molecule has 0 aromatic heterocycles. The molecule has 160 valence electrons. The van der Waals surface area contributed by atoms with E-state index in [1.54, 1.807) is 6.07 Å². The molecule has 0 aliphatic carbocycles. The highest BCUT2D eigenvalue weighted by Gasteiger charge is 2.09. The van der Waals surface area contributed by atoms with E-state index < -0.39 is 5.91 Å². The average molecular weight is 448 g/mol. The molecule has 0 saturated heterocycles. The van der Waals surface area contributed by atoms with Gasteiger partial charge in [-0.05, 0) is 60.3 Å². The van der Waals surface area contributed by atoms with Crippen molar-refractivity contribution < 1.29 is 14.3 Å². The maximum Gasteiger partial charge on any atom is 0.276 e. The van der Waals surface area contributed by atoms with Gasteiger partial charge < -0.3 is 10.1 Å². The zero-order valence-electron chi connectivity index (χ0n) is 17.0. The van der Waals surface area contributed by atoms with Crippen molar-refractivity contribution in [2.45, 2.75) is 39.0 Å². The summed E-state index contributed by atoms with van der Waals surface area (Å²) in [5.74, 6) is 0.382. The van der Waals surface area contributed by atoms with Gasteiger partial charge in [-0.25, -0.2) is 0 Å². The molecule has 8 heteroatoms. The Bertz CT molecular complexity index is 874. The van der Waals surface area contributed by atoms with Gasteiger partial charge in [0.25, 0.3) is 5.91 Å². The number of hydrogen-bond donors (Lipinski definition) is 3. The lowest BCUT2D eigenvalue weighted by Gasteiger charge is -2.12. The number of thiocarbonyl (C=S) groups is 1. The Labute approximate surface area is 187 Å². The topological polar surface area (TPSA) is 79.5 Å². The van der Waals surface area contributed by atoms with E-state index in [4.69, 9.17) is 28.6 Å². The van der Waals surface area contributed by atoms with Crippen molar-refractivity contribution in [2.75, 3.05) is 6.61 Å². The van der Waals surface area contributed by atoms with Gasteiger partial charge in [-0.3, -0.25) is 20.4 Å². The number of nitrogens with one attached hydrogen (secondary N) is 3. The van der Waals surface area contributed by atoms with Crippen LogP contribution in [0.1, 0.15) is 43.7 Å². The molecule has 0 heterocycles. The molecule has 0 spiro atoms. The molecule has 2 aromatic rings. The number of amides is 2. The summed E-state index contributed by atoms with van der Waals surface area (Å²) in [6.45, 7) is 4.12. The van der Waals surface area contributed by atoms with Gasteiger partial charge in [0.2, 0.25) is 5.91 Å². The lowest BCUT2D eigenvalue weighted by atomic mass is 9.99. The summed E-state index contributed by atoms with van der Waals surface area (Å²) in [5, 5.41) is 3.13. The first kappa shape index (κ1) is 23.6. The minimum atomic E-state index is -0.423. The van der Waals surface area contributed by atoms with E-state index in [1.165, 1.54) is 5.56 Å². The largest absolute Gasteiger partial charge is 0.484 e. The van der Waals surface area contributed by atoms with Crippen LogP contribution in [0.15, 0.2) is 48.5 Å². The SMILES string of the molecule is CCC(C)c1ccc(OCC(=O)NNC(=S)NC(=O)CCc2ccccc2Cl)cc1. The van der Waals surface area contributed by atoms with Gasteiger partial charge in [0.15, 0.2) is 11.7 Å². The van der Waals surface area contributed by atoms with Gasteiger partial charge in [-0.1, -0.05) is 55.8 Å². The zero-order valence-corrected chi connectivity index (χ0v) is 18.6. The van der Waals surface area contributed by atoms with Crippen molar-refractivity contribution in [3.05, 3.63) is 64.7 Å². The second-order valence-electron chi connectivity index (χ2n) is 6.81. The molecule has 2 amide bonds. The highest BCUT2D eigenvalue weighted by Crippen LogP contribution is 2.21. The van der Waals surface area contributed by atoms with Crippen molar-refractivity contribution in [3.8, 4) is 5.75 Å². The first-order valence-electron chi connectivity index (χ1n) is 9.73. The summed E-state index contributed by atoms with van der Waals surface area (Å²) in [6.07, 6.45) is 1.77. The number of carbonyl (C=O) groups is 2. The summed E-state index contributed by atoms with van der Waals surface area (Å²) in [7, 11) is 0. The van der Waals surface area contributed by atoms with Crippen molar-refractivity contribution in [2.24, 2.45) is 0 Å². The fraction of sp³-hybridized carbons (Fsp3) is 0.318. The fourth-order valence-corrected chi connectivity index (χ4v) is 3.00. The van der Waals surface area contributed by atoms with Crippen LogP contribution in [-0.4, -0.2) is 23.5 Å². The predicted octanol–water partition coefficient (Wildman–Crippen LogP) is 3.89. The second-order valence-corrected chi connectivity index (χ2v) is 7.62. The normalized spacial score (nSPS) is 11.3. The van der Waals surface area contributed by atoms with Gasteiger partial charge in [0.05, 0.1) is 0 Å². The van der Waals surface area contributed by atoms with Crippen LogP contribution in [-0.2, 0) is 16.0 Å². The van der Waals surface area contributed by atoms with Gasteiger partial charge in [-0.2, -0.15) is 0 Å². The van der Waals surface area contributed by atoms with Crippen molar-refractivity contribution >= 4 is 40.7 Å². The van der Waals surface area contributed by atoms with Gasteiger partial charge in [-0.15, -0.1) is 0 Å². The molecule has 30 heavy (non-hydrogen) atoms. The van der Waals surface area contributed by atoms with Crippen LogP contribution in [0.25, 0.3) is 0 Å². The van der Waals surface area contributed by atoms with Crippen LogP contribution in [0.2, 0.25) is 5.02 Å². The number of carbonyl (C=O) groups excluding carboxylic acids is 2. The van der Waals surface area contributed by atoms with Gasteiger partial charge in [0.1, 0.15) is 5.75 Å². The van der Waals surface area contributed by atoms with Crippen LogP contribution in [0.4, 0.5) is 0 Å². The highest BCUT2D eigenvalue weighted by atomic mass is 35.5. The Balaban J connectivity index is 1.65. The maximum absolute atomic E-state index is 12.0. The standard InChI is InChI=1S/C22H26ClN3O3S/c1-3-15(2)16-8-11-18(12-9-16)29-14-21(28)25-26-22(30)24-20(27)13-10-17-6-4-5-7-19(17)23/h4-9,11-12,15H,3,10,13-14H2,1-2H3,(H,25,28)(H2,24,26,27,30). The Morgan fingerprint density at radius 3 is 2.43 bits per heavy atom. The Morgan fingerprint density at radius 2 is 1.77 bits per heavy atom. The smallest absolute Gasteiger partial charge is 0.276 e. The number of halogens is 1. The van der Waals surface area contributed by atoms with Crippen molar-refractivity contribution in [1.82, 2.24) is 16.2 Å². The first-order chi connectivity index (χ1) is 14.4. The zero-order chi connectivity index (χ0) is 21.9. The van der Waals surface area contributed by atoms with E-state index in [0.29, 0.717) is 23.1 Å². The molecule has 0 aliphatic rings. The second kappa shape index (κ2) is 12.1. The summed E-state index contributed by atoms with van der Waals surface area (Å²) < 4.78 is 5.45. The third kappa shape index (κ3) is 8.00. The number of hydrazine groups is 1. The van der Waals surface area contributed by atoms with Gasteiger partial charge in [0, 0.05) is 11.4 Å². The number of aryl methyl sites for hydroxylation is 1. The minimum absolute atomic E-state index is 0.00501. The van der Waals surface area contributed by atoms with E-state index in [2.05, 4.69) is 30.0 Å². The van der Waals surface area contributed by atoms with E-state index >= 15 is 0 Å². The minimum Gasteiger partial charge on any atom is -0.484 e. The summed E-state index contributed by atoms with van der Waals surface area (Å²) in [5.41, 5.74) is 6.99. The molecule has 0 fully saturated rings. The summed E-state index contributed by atoms with van der Waals surface area (Å²) in [4.78, 5) is 23.9. The van der Waals surface area contributed by atoms with E-state index in [-0.39, 0.29) is 24.0 Å². The Hall–Kier alpha value is -2.64. The molecule has 1 unspecified atom stereocenters. The number of rotatable bonds is 8. The van der Waals surface area contributed by atoms with Crippen molar-refractivity contribution in [1.29, 1.82) is 0 Å². The van der Waals surface area contributed by atoms with Crippen LogP contribution < -0.4 is 20.9 Å². The van der Waals surface area contributed by atoms with E-state index in [0.717, 1.165) is 12.0 Å². The number of hydrogen-bond acceptors (Lipinski definition) is 4. The molecular weight excluding hydrogens is 422 g/mol.